The van der Waals surface area contributed by atoms with Gasteiger partial charge in [0.25, 0.3) is 11.7 Å². The number of rotatable bonds is 9. The molecular formula is C28H27ClN2O8. The van der Waals surface area contributed by atoms with E-state index in [9.17, 15) is 14.7 Å². The number of carbonyl (C=O) groups excluding carboxylic acids is 2. The molecule has 0 aliphatic carbocycles. The number of halogens is 1. The van der Waals surface area contributed by atoms with E-state index in [-0.39, 0.29) is 34.2 Å². The van der Waals surface area contributed by atoms with Gasteiger partial charge < -0.3 is 33.7 Å². The Labute approximate surface area is 230 Å². The van der Waals surface area contributed by atoms with Gasteiger partial charge in [0, 0.05) is 12.3 Å². The fraction of sp³-hybridized carbons (Fsp3) is 0.250. The lowest BCUT2D eigenvalue weighted by Gasteiger charge is -2.26. The van der Waals surface area contributed by atoms with Crippen LogP contribution in [-0.4, -0.2) is 62.2 Å². The molecule has 0 saturated carbocycles. The van der Waals surface area contributed by atoms with Crippen molar-refractivity contribution < 1.29 is 38.4 Å². The van der Waals surface area contributed by atoms with Crippen molar-refractivity contribution in [2.24, 2.45) is 0 Å². The number of benzene rings is 2. The van der Waals surface area contributed by atoms with Gasteiger partial charge in [-0.05, 0) is 35.9 Å². The molecule has 11 heteroatoms. The average molecular weight is 555 g/mol. The Kier molecular flexibility index (Phi) is 8.15. The molecule has 1 fully saturated rings. The van der Waals surface area contributed by atoms with E-state index < -0.39 is 23.5 Å². The molecule has 0 spiro atoms. The molecule has 1 N–H and O–H groups in total. The average Bonchev–Trinajstić information content (AvgIpc) is 3.21. The molecule has 2 heterocycles. The van der Waals surface area contributed by atoms with Crippen LogP contribution < -0.4 is 23.7 Å². The van der Waals surface area contributed by atoms with Crippen LogP contribution in [-0.2, 0) is 16.1 Å². The molecule has 1 atom stereocenters. The summed E-state index contributed by atoms with van der Waals surface area (Å²) in [5.41, 5.74) is 0.920. The van der Waals surface area contributed by atoms with Gasteiger partial charge in [0.05, 0.1) is 70.0 Å². The summed E-state index contributed by atoms with van der Waals surface area (Å²) in [5, 5.41) is 11.8. The summed E-state index contributed by atoms with van der Waals surface area (Å²) < 4.78 is 27.2. The summed E-state index contributed by atoms with van der Waals surface area (Å²) in [6.45, 7) is -0.00933. The summed E-state index contributed by atoms with van der Waals surface area (Å²) in [4.78, 5) is 32.6. The fourth-order valence-corrected chi connectivity index (χ4v) is 4.74. The zero-order valence-electron chi connectivity index (χ0n) is 22.0. The Hall–Kier alpha value is -4.44. The third-order valence-corrected chi connectivity index (χ3v) is 6.63. The second-order valence-electron chi connectivity index (χ2n) is 8.39. The fourth-order valence-electron chi connectivity index (χ4n) is 4.51. The Balaban J connectivity index is 2.01. The number of nitrogens with zero attached hydrogens (tertiary/aromatic N) is 2. The lowest BCUT2D eigenvalue weighted by molar-refractivity contribution is -0.140. The minimum atomic E-state index is -1.05. The van der Waals surface area contributed by atoms with Gasteiger partial charge in [-0.1, -0.05) is 17.7 Å². The largest absolute Gasteiger partial charge is 0.507 e. The van der Waals surface area contributed by atoms with E-state index in [4.69, 9.17) is 35.3 Å². The van der Waals surface area contributed by atoms with Crippen molar-refractivity contribution in [3.8, 4) is 28.7 Å². The quantitative estimate of drug-likeness (QED) is 0.233. The molecule has 1 unspecified atom stereocenters. The molecule has 3 aromatic rings. The van der Waals surface area contributed by atoms with Gasteiger partial charge in [-0.2, -0.15) is 0 Å². The minimum Gasteiger partial charge on any atom is -0.507 e. The number of likely N-dealkylation sites (tertiary alicyclic amines) is 1. The van der Waals surface area contributed by atoms with E-state index in [1.807, 2.05) is 0 Å². The number of hydrogen-bond acceptors (Lipinski definition) is 9. The molecule has 10 nitrogen and oxygen atoms in total. The number of aromatic nitrogens is 1. The second kappa shape index (κ2) is 11.5. The van der Waals surface area contributed by atoms with E-state index in [0.29, 0.717) is 28.5 Å². The predicted octanol–water partition coefficient (Wildman–Crippen LogP) is 4.40. The van der Waals surface area contributed by atoms with Crippen LogP contribution in [0.2, 0.25) is 5.02 Å². The number of Topliss-reactive ketones (excluding diaryl/α,β-unsaturated/α-hetero) is 1. The van der Waals surface area contributed by atoms with E-state index in [0.717, 1.165) is 0 Å². The van der Waals surface area contributed by atoms with Crippen LogP contribution in [0.5, 0.6) is 28.7 Å². The van der Waals surface area contributed by atoms with Gasteiger partial charge >= 0.3 is 0 Å². The highest BCUT2D eigenvalue weighted by Crippen LogP contribution is 2.47. The third kappa shape index (κ3) is 5.03. The van der Waals surface area contributed by atoms with Gasteiger partial charge in [-0.25, -0.2) is 0 Å². The molecule has 1 aliphatic rings. The SMILES string of the molecule is COc1cc(/C(O)=C2\C(=O)C(=O)N(Cc3ccccn3)C2c2cc(OC)c(OC)c(OC)c2)c(OC)cc1Cl. The van der Waals surface area contributed by atoms with Crippen molar-refractivity contribution in [2.45, 2.75) is 12.6 Å². The molecule has 2 aromatic carbocycles. The van der Waals surface area contributed by atoms with Crippen LogP contribution in [0.25, 0.3) is 5.76 Å². The molecule has 1 amide bonds. The lowest BCUT2D eigenvalue weighted by Crippen LogP contribution is -2.29. The summed E-state index contributed by atoms with van der Waals surface area (Å²) in [7, 11) is 7.19. The van der Waals surface area contributed by atoms with Crippen molar-refractivity contribution in [1.82, 2.24) is 9.88 Å². The zero-order valence-corrected chi connectivity index (χ0v) is 22.7. The van der Waals surface area contributed by atoms with Crippen LogP contribution in [0.1, 0.15) is 22.9 Å². The van der Waals surface area contributed by atoms with Gasteiger partial charge in [0.2, 0.25) is 5.75 Å². The van der Waals surface area contributed by atoms with Crippen molar-refractivity contribution >= 4 is 29.1 Å². The highest BCUT2D eigenvalue weighted by atomic mass is 35.5. The number of ether oxygens (including phenoxy) is 5. The van der Waals surface area contributed by atoms with Crippen LogP contribution >= 0.6 is 11.6 Å². The van der Waals surface area contributed by atoms with Crippen molar-refractivity contribution in [2.75, 3.05) is 35.5 Å². The molecule has 1 saturated heterocycles. The molecule has 4 rings (SSSR count). The van der Waals surface area contributed by atoms with Gasteiger partial charge in [-0.3, -0.25) is 14.6 Å². The van der Waals surface area contributed by atoms with Gasteiger partial charge in [0.1, 0.15) is 17.3 Å². The molecule has 1 aliphatic heterocycles. The predicted molar refractivity (Wildman–Crippen MR) is 143 cm³/mol. The number of ketones is 1. The number of carbonyl (C=O) groups is 2. The van der Waals surface area contributed by atoms with Gasteiger partial charge in [-0.15, -0.1) is 0 Å². The lowest BCUT2D eigenvalue weighted by atomic mass is 9.94. The smallest absolute Gasteiger partial charge is 0.296 e. The van der Waals surface area contributed by atoms with Crippen molar-refractivity contribution in [1.29, 1.82) is 0 Å². The molecule has 0 bridgehead atoms. The first-order chi connectivity index (χ1) is 18.8. The molecule has 0 radical (unpaired) electrons. The van der Waals surface area contributed by atoms with E-state index >= 15 is 0 Å². The summed E-state index contributed by atoms with van der Waals surface area (Å²) >= 11 is 6.25. The number of pyridine rings is 1. The number of amides is 1. The highest BCUT2D eigenvalue weighted by Gasteiger charge is 2.47. The second-order valence-corrected chi connectivity index (χ2v) is 8.80. The molecular weight excluding hydrogens is 528 g/mol. The van der Waals surface area contributed by atoms with Crippen LogP contribution in [0.3, 0.4) is 0 Å². The first-order valence-corrected chi connectivity index (χ1v) is 12.1. The summed E-state index contributed by atoms with van der Waals surface area (Å²) in [5.74, 6) is -0.818. The van der Waals surface area contributed by atoms with Crippen molar-refractivity contribution in [3.63, 3.8) is 0 Å². The number of methoxy groups -OCH3 is 5. The topological polar surface area (TPSA) is 117 Å². The normalized spacial score (nSPS) is 16.3. The zero-order chi connectivity index (χ0) is 28.3. The first kappa shape index (κ1) is 27.6. The Morgan fingerprint density at radius 1 is 0.897 bits per heavy atom. The molecule has 39 heavy (non-hydrogen) atoms. The van der Waals surface area contributed by atoms with E-state index in [1.54, 1.807) is 36.5 Å². The minimum absolute atomic E-state index is 0.00933. The Morgan fingerprint density at radius 3 is 2.08 bits per heavy atom. The van der Waals surface area contributed by atoms with Crippen molar-refractivity contribution in [3.05, 3.63) is 76.1 Å². The number of aliphatic hydroxyl groups excluding tert-OH is 1. The van der Waals surface area contributed by atoms with E-state index in [2.05, 4.69) is 4.98 Å². The Morgan fingerprint density at radius 2 is 1.54 bits per heavy atom. The molecule has 1 aromatic heterocycles. The van der Waals surface area contributed by atoms with Crippen LogP contribution in [0.15, 0.2) is 54.2 Å². The van der Waals surface area contributed by atoms with E-state index in [1.165, 1.54) is 52.6 Å². The van der Waals surface area contributed by atoms with Crippen LogP contribution in [0, 0.1) is 0 Å². The standard InChI is InChI=1S/C28H27ClN2O8/c1-35-19-13-18(29)20(36-2)12-17(19)25(32)23-24(15-10-21(37-3)27(39-5)22(11-15)38-4)31(28(34)26(23)33)14-16-8-6-7-9-30-16/h6-13,24,32H,14H2,1-5H3/b25-23+. The van der Waals surface area contributed by atoms with Gasteiger partial charge in [0.15, 0.2) is 11.5 Å². The first-order valence-electron chi connectivity index (χ1n) is 11.7. The summed E-state index contributed by atoms with van der Waals surface area (Å²) in [6, 6.07) is 10.3. The maximum atomic E-state index is 13.5. The molecule has 204 valence electrons. The Bertz CT molecular complexity index is 1420. The maximum absolute atomic E-state index is 13.5. The number of hydrogen-bond donors (Lipinski definition) is 1. The third-order valence-electron chi connectivity index (χ3n) is 6.33. The summed E-state index contributed by atoms with van der Waals surface area (Å²) in [6.07, 6.45) is 1.59. The highest BCUT2D eigenvalue weighted by molar-refractivity contribution is 6.46. The maximum Gasteiger partial charge on any atom is 0.296 e. The van der Waals surface area contributed by atoms with Crippen LogP contribution in [0.4, 0.5) is 0 Å². The monoisotopic (exact) mass is 554 g/mol. The number of aliphatic hydroxyl groups is 1.